The van der Waals surface area contributed by atoms with Crippen LogP contribution in [0.4, 0.5) is 0 Å². The largest absolute Gasteiger partial charge is 0.493 e. The fourth-order valence-corrected chi connectivity index (χ4v) is 2.26. The van der Waals surface area contributed by atoms with Crippen LogP contribution in [0.15, 0.2) is 36.4 Å². The molecular weight excluding hydrogens is 320 g/mol. The first-order valence-corrected chi connectivity index (χ1v) is 7.84. The molecule has 0 atom stereocenters. The lowest BCUT2D eigenvalue weighted by atomic mass is 10.1. The predicted molar refractivity (Wildman–Crippen MR) is 94.8 cm³/mol. The molecule has 0 aliphatic carbocycles. The molecule has 0 heterocycles. The van der Waals surface area contributed by atoms with Crippen molar-refractivity contribution in [3.8, 4) is 11.5 Å². The maximum Gasteiger partial charge on any atom is 0.255 e. The Kier molecular flexibility index (Phi) is 6.00. The van der Waals surface area contributed by atoms with Crippen LogP contribution >= 0.6 is 0 Å². The number of aryl methyl sites for hydroxylation is 2. The van der Waals surface area contributed by atoms with Crippen molar-refractivity contribution in [2.45, 2.75) is 20.4 Å². The lowest BCUT2D eigenvalue weighted by Gasteiger charge is -2.12. The molecule has 25 heavy (non-hydrogen) atoms. The molecule has 0 saturated carbocycles. The average molecular weight is 342 g/mol. The second kappa shape index (κ2) is 8.19. The van der Waals surface area contributed by atoms with E-state index >= 15 is 0 Å². The zero-order valence-electron chi connectivity index (χ0n) is 14.6. The second-order valence-electron chi connectivity index (χ2n) is 5.72. The van der Waals surface area contributed by atoms with Crippen molar-refractivity contribution in [2.24, 2.45) is 5.73 Å². The molecule has 0 spiro atoms. The van der Waals surface area contributed by atoms with E-state index in [1.54, 1.807) is 24.3 Å². The summed E-state index contributed by atoms with van der Waals surface area (Å²) in [6.07, 6.45) is 0. The van der Waals surface area contributed by atoms with E-state index in [9.17, 15) is 9.59 Å². The Morgan fingerprint density at radius 1 is 1.04 bits per heavy atom. The number of benzene rings is 2. The molecule has 2 aromatic carbocycles. The van der Waals surface area contributed by atoms with E-state index in [1.807, 2.05) is 26.0 Å². The Hall–Kier alpha value is -3.02. The van der Waals surface area contributed by atoms with Gasteiger partial charge in [0.2, 0.25) is 0 Å². The number of hydrogen-bond acceptors (Lipinski definition) is 4. The minimum absolute atomic E-state index is 0.142. The molecule has 2 rings (SSSR count). The first-order valence-electron chi connectivity index (χ1n) is 7.84. The molecule has 132 valence electrons. The van der Waals surface area contributed by atoms with Gasteiger partial charge in [-0.15, -0.1) is 0 Å². The molecule has 0 unspecified atom stereocenters. The van der Waals surface area contributed by atoms with Crippen molar-refractivity contribution in [1.29, 1.82) is 0 Å². The van der Waals surface area contributed by atoms with E-state index in [2.05, 4.69) is 5.32 Å². The van der Waals surface area contributed by atoms with Crippen LogP contribution in [0.2, 0.25) is 0 Å². The maximum absolute atomic E-state index is 12.3. The number of amides is 2. The third-order valence-electron chi connectivity index (χ3n) is 3.82. The number of methoxy groups -OCH3 is 1. The molecule has 0 fully saturated rings. The highest BCUT2D eigenvalue weighted by Crippen LogP contribution is 2.28. The van der Waals surface area contributed by atoms with E-state index in [1.165, 1.54) is 7.11 Å². The van der Waals surface area contributed by atoms with Crippen molar-refractivity contribution in [3.63, 3.8) is 0 Å². The summed E-state index contributed by atoms with van der Waals surface area (Å²) in [6, 6.07) is 10.8. The minimum Gasteiger partial charge on any atom is -0.493 e. The van der Waals surface area contributed by atoms with Crippen LogP contribution < -0.4 is 20.5 Å². The number of nitrogens with two attached hydrogens (primary N) is 1. The zero-order valence-corrected chi connectivity index (χ0v) is 14.6. The number of rotatable bonds is 7. The highest BCUT2D eigenvalue weighted by molar-refractivity contribution is 5.94. The Balaban J connectivity index is 2.03. The SMILES string of the molecule is COc1cc(CNC(=O)c2ccc(C)c(C)c2)ccc1OCC(N)=O. The Labute approximate surface area is 146 Å². The molecule has 0 aliphatic rings. The van der Waals surface area contributed by atoms with Crippen LogP contribution in [-0.2, 0) is 11.3 Å². The third-order valence-corrected chi connectivity index (χ3v) is 3.82. The van der Waals surface area contributed by atoms with Crippen molar-refractivity contribution >= 4 is 11.8 Å². The molecule has 3 N–H and O–H groups in total. The quantitative estimate of drug-likeness (QED) is 0.806. The molecule has 0 aliphatic heterocycles. The summed E-state index contributed by atoms with van der Waals surface area (Å²) in [5.41, 5.74) is 8.76. The van der Waals surface area contributed by atoms with Gasteiger partial charge in [0, 0.05) is 12.1 Å². The molecular formula is C19H22N2O4. The van der Waals surface area contributed by atoms with E-state index in [-0.39, 0.29) is 12.5 Å². The number of carbonyl (C=O) groups excluding carboxylic acids is 2. The van der Waals surface area contributed by atoms with Crippen molar-refractivity contribution in [3.05, 3.63) is 58.7 Å². The molecule has 2 aromatic rings. The molecule has 0 saturated heterocycles. The van der Waals surface area contributed by atoms with Crippen molar-refractivity contribution in [2.75, 3.05) is 13.7 Å². The summed E-state index contributed by atoms with van der Waals surface area (Å²) in [6.45, 7) is 4.10. The van der Waals surface area contributed by atoms with Gasteiger partial charge in [-0.05, 0) is 54.8 Å². The van der Waals surface area contributed by atoms with Gasteiger partial charge in [0.1, 0.15) is 0 Å². The highest BCUT2D eigenvalue weighted by atomic mass is 16.5. The summed E-state index contributed by atoms with van der Waals surface area (Å²) in [5.74, 6) is 0.188. The minimum atomic E-state index is -0.563. The van der Waals surface area contributed by atoms with E-state index in [0.29, 0.717) is 23.6 Å². The van der Waals surface area contributed by atoms with Gasteiger partial charge in [-0.3, -0.25) is 9.59 Å². The Bertz CT molecular complexity index is 787. The monoisotopic (exact) mass is 342 g/mol. The Morgan fingerprint density at radius 2 is 1.80 bits per heavy atom. The number of nitrogens with one attached hydrogen (secondary N) is 1. The first kappa shape index (κ1) is 18.3. The molecule has 0 bridgehead atoms. The fraction of sp³-hybridized carbons (Fsp3) is 0.263. The van der Waals surface area contributed by atoms with Gasteiger partial charge in [-0.1, -0.05) is 12.1 Å². The van der Waals surface area contributed by atoms with Crippen LogP contribution in [0.25, 0.3) is 0 Å². The van der Waals surface area contributed by atoms with E-state index < -0.39 is 5.91 Å². The second-order valence-corrected chi connectivity index (χ2v) is 5.72. The maximum atomic E-state index is 12.3. The van der Waals surface area contributed by atoms with E-state index in [0.717, 1.165) is 16.7 Å². The van der Waals surface area contributed by atoms with Crippen LogP contribution in [0.5, 0.6) is 11.5 Å². The van der Waals surface area contributed by atoms with Gasteiger partial charge in [0.25, 0.3) is 11.8 Å². The average Bonchev–Trinajstić information content (AvgIpc) is 2.60. The third kappa shape index (κ3) is 4.97. The zero-order chi connectivity index (χ0) is 18.4. The van der Waals surface area contributed by atoms with Crippen LogP contribution in [0.3, 0.4) is 0 Å². The van der Waals surface area contributed by atoms with E-state index in [4.69, 9.17) is 15.2 Å². The fourth-order valence-electron chi connectivity index (χ4n) is 2.26. The van der Waals surface area contributed by atoms with Gasteiger partial charge < -0.3 is 20.5 Å². The van der Waals surface area contributed by atoms with Gasteiger partial charge in [0.05, 0.1) is 7.11 Å². The van der Waals surface area contributed by atoms with Gasteiger partial charge in [-0.25, -0.2) is 0 Å². The van der Waals surface area contributed by atoms with Gasteiger partial charge >= 0.3 is 0 Å². The number of primary amides is 1. The highest BCUT2D eigenvalue weighted by Gasteiger charge is 2.10. The van der Waals surface area contributed by atoms with Gasteiger partial charge in [0.15, 0.2) is 18.1 Å². The van der Waals surface area contributed by atoms with Crippen LogP contribution in [0, 0.1) is 13.8 Å². The summed E-state index contributed by atoms with van der Waals surface area (Å²) < 4.78 is 10.5. The standard InChI is InChI=1S/C19H22N2O4/c1-12-4-6-15(8-13(12)2)19(23)21-10-14-5-7-16(17(9-14)24-3)25-11-18(20)22/h4-9H,10-11H2,1-3H3,(H2,20,22)(H,21,23). The molecule has 2 amide bonds. The number of hydrogen-bond donors (Lipinski definition) is 2. The van der Waals surface area contributed by atoms with Crippen LogP contribution in [-0.4, -0.2) is 25.5 Å². The Morgan fingerprint density at radius 3 is 2.44 bits per heavy atom. The number of ether oxygens (including phenoxy) is 2. The molecule has 0 aromatic heterocycles. The summed E-state index contributed by atoms with van der Waals surface area (Å²) >= 11 is 0. The first-order chi connectivity index (χ1) is 11.9. The lowest BCUT2D eigenvalue weighted by molar-refractivity contribution is -0.119. The summed E-state index contributed by atoms with van der Waals surface area (Å²) in [7, 11) is 1.50. The van der Waals surface area contributed by atoms with Crippen molar-refractivity contribution in [1.82, 2.24) is 5.32 Å². The molecule has 0 radical (unpaired) electrons. The summed E-state index contributed by atoms with van der Waals surface area (Å²) in [5, 5.41) is 2.87. The topological polar surface area (TPSA) is 90.7 Å². The summed E-state index contributed by atoms with van der Waals surface area (Å²) in [4.78, 5) is 23.1. The predicted octanol–water partition coefficient (Wildman–Crippen LogP) is 2.11. The smallest absolute Gasteiger partial charge is 0.255 e. The van der Waals surface area contributed by atoms with Gasteiger partial charge in [-0.2, -0.15) is 0 Å². The normalized spacial score (nSPS) is 10.2. The van der Waals surface area contributed by atoms with Crippen LogP contribution in [0.1, 0.15) is 27.0 Å². The molecule has 6 nitrogen and oxygen atoms in total. The number of carbonyl (C=O) groups is 2. The lowest BCUT2D eigenvalue weighted by Crippen LogP contribution is -2.23. The molecule has 6 heteroatoms. The van der Waals surface area contributed by atoms with Crippen molar-refractivity contribution < 1.29 is 19.1 Å².